The van der Waals surface area contributed by atoms with Crippen LogP contribution < -0.4 is 0 Å². The minimum absolute atomic E-state index is 0.363. The van der Waals surface area contributed by atoms with E-state index in [2.05, 4.69) is 4.98 Å². The smallest absolute Gasteiger partial charge is 0.318 e. The SMILES string of the molecule is CC(C)N(CC(=O)O)S(=O)(=O)c1cncc(F)c1. The molecule has 0 aliphatic rings. The molecule has 100 valence electrons. The van der Waals surface area contributed by atoms with Gasteiger partial charge in [0.25, 0.3) is 0 Å². The van der Waals surface area contributed by atoms with Crippen LogP contribution in [-0.2, 0) is 14.8 Å². The summed E-state index contributed by atoms with van der Waals surface area (Å²) < 4.78 is 38.0. The molecule has 0 saturated heterocycles. The summed E-state index contributed by atoms with van der Waals surface area (Å²) in [6, 6.07) is 0.244. The highest BCUT2D eigenvalue weighted by atomic mass is 32.2. The second-order valence-electron chi connectivity index (χ2n) is 3.88. The number of pyridine rings is 1. The van der Waals surface area contributed by atoms with Gasteiger partial charge in [-0.05, 0) is 19.9 Å². The number of carbonyl (C=O) groups is 1. The molecule has 0 bridgehead atoms. The molecule has 0 aromatic carbocycles. The van der Waals surface area contributed by atoms with Crippen molar-refractivity contribution in [3.63, 3.8) is 0 Å². The van der Waals surface area contributed by atoms with Crippen molar-refractivity contribution in [1.29, 1.82) is 0 Å². The summed E-state index contributed by atoms with van der Waals surface area (Å²) in [4.78, 5) is 13.7. The summed E-state index contributed by atoms with van der Waals surface area (Å²) in [5, 5.41) is 8.70. The van der Waals surface area contributed by atoms with Crippen LogP contribution in [0.4, 0.5) is 4.39 Å². The number of sulfonamides is 1. The first kappa shape index (κ1) is 14.5. The predicted molar refractivity (Wildman–Crippen MR) is 60.9 cm³/mol. The number of hydrogen-bond donors (Lipinski definition) is 1. The van der Waals surface area contributed by atoms with E-state index in [1.54, 1.807) is 0 Å². The molecule has 0 spiro atoms. The number of carboxylic acids is 1. The number of aliphatic carboxylic acids is 1. The molecule has 0 unspecified atom stereocenters. The van der Waals surface area contributed by atoms with Gasteiger partial charge in [0.2, 0.25) is 10.0 Å². The highest BCUT2D eigenvalue weighted by Crippen LogP contribution is 2.17. The van der Waals surface area contributed by atoms with Crippen LogP contribution in [0, 0.1) is 5.82 Å². The quantitative estimate of drug-likeness (QED) is 0.855. The normalized spacial score (nSPS) is 12.1. The van der Waals surface area contributed by atoms with Crippen molar-refractivity contribution in [2.75, 3.05) is 6.54 Å². The fourth-order valence-electron chi connectivity index (χ4n) is 1.35. The fraction of sp³-hybridized carbons (Fsp3) is 0.400. The second kappa shape index (κ2) is 5.40. The van der Waals surface area contributed by atoms with Crippen LogP contribution in [0.5, 0.6) is 0 Å². The van der Waals surface area contributed by atoms with E-state index in [4.69, 9.17) is 5.11 Å². The van der Waals surface area contributed by atoms with Gasteiger partial charge in [0.1, 0.15) is 17.3 Å². The molecule has 0 aliphatic heterocycles. The molecule has 0 fully saturated rings. The van der Waals surface area contributed by atoms with E-state index in [9.17, 15) is 17.6 Å². The Labute approximate surface area is 104 Å². The topological polar surface area (TPSA) is 87.6 Å². The van der Waals surface area contributed by atoms with Crippen molar-refractivity contribution >= 4 is 16.0 Å². The van der Waals surface area contributed by atoms with E-state index in [-0.39, 0.29) is 4.90 Å². The van der Waals surface area contributed by atoms with Gasteiger partial charge < -0.3 is 5.11 Å². The fourth-order valence-corrected chi connectivity index (χ4v) is 2.91. The lowest BCUT2D eigenvalue weighted by Crippen LogP contribution is -2.40. The van der Waals surface area contributed by atoms with Gasteiger partial charge in [-0.25, -0.2) is 12.8 Å². The summed E-state index contributed by atoms with van der Waals surface area (Å²) in [6.07, 6.45) is 1.85. The van der Waals surface area contributed by atoms with Crippen molar-refractivity contribution in [2.24, 2.45) is 0 Å². The van der Waals surface area contributed by atoms with Gasteiger partial charge in [0.05, 0.1) is 6.20 Å². The van der Waals surface area contributed by atoms with E-state index in [1.807, 2.05) is 0 Å². The van der Waals surface area contributed by atoms with Crippen molar-refractivity contribution in [1.82, 2.24) is 9.29 Å². The molecule has 8 heteroatoms. The molecule has 0 aliphatic carbocycles. The largest absolute Gasteiger partial charge is 0.480 e. The first-order chi connectivity index (χ1) is 8.25. The highest BCUT2D eigenvalue weighted by Gasteiger charge is 2.29. The molecule has 18 heavy (non-hydrogen) atoms. The average molecular weight is 276 g/mol. The number of hydrogen-bond acceptors (Lipinski definition) is 4. The number of halogens is 1. The summed E-state index contributed by atoms with van der Waals surface area (Å²) in [7, 11) is -4.07. The second-order valence-corrected chi connectivity index (χ2v) is 5.77. The van der Waals surface area contributed by atoms with Crippen molar-refractivity contribution in [3.8, 4) is 0 Å². The van der Waals surface area contributed by atoms with E-state index in [0.29, 0.717) is 0 Å². The Kier molecular flexibility index (Phi) is 4.36. The molecule has 0 atom stereocenters. The Morgan fingerprint density at radius 2 is 2.11 bits per heavy atom. The van der Waals surface area contributed by atoms with Crippen LogP contribution in [0.2, 0.25) is 0 Å². The lowest BCUT2D eigenvalue weighted by Gasteiger charge is -2.23. The van der Waals surface area contributed by atoms with Crippen molar-refractivity contribution < 1.29 is 22.7 Å². The minimum Gasteiger partial charge on any atom is -0.480 e. The molecule has 0 saturated carbocycles. The van der Waals surface area contributed by atoms with Crippen molar-refractivity contribution in [2.45, 2.75) is 24.8 Å². The number of carboxylic acid groups (broad SMARTS) is 1. The summed E-state index contributed by atoms with van der Waals surface area (Å²) >= 11 is 0. The Morgan fingerprint density at radius 3 is 2.56 bits per heavy atom. The third-order valence-corrected chi connectivity index (χ3v) is 4.14. The standard InChI is InChI=1S/C10H13FN2O4S/c1-7(2)13(6-10(14)15)18(16,17)9-3-8(11)4-12-5-9/h3-5,7H,6H2,1-2H3,(H,14,15). The first-order valence-corrected chi connectivity index (χ1v) is 6.53. The van der Waals surface area contributed by atoms with Gasteiger partial charge in [0, 0.05) is 12.2 Å². The molecule has 1 aromatic heterocycles. The highest BCUT2D eigenvalue weighted by molar-refractivity contribution is 7.89. The van der Waals surface area contributed by atoms with Crippen LogP contribution in [-0.4, -0.2) is 41.4 Å². The lowest BCUT2D eigenvalue weighted by atomic mass is 10.4. The Bertz CT molecular complexity index is 545. The average Bonchev–Trinajstić information content (AvgIpc) is 2.25. The Morgan fingerprint density at radius 1 is 1.50 bits per heavy atom. The maximum absolute atomic E-state index is 13.0. The molecule has 0 radical (unpaired) electrons. The number of rotatable bonds is 5. The van der Waals surface area contributed by atoms with Gasteiger partial charge in [-0.1, -0.05) is 0 Å². The van der Waals surface area contributed by atoms with Crippen LogP contribution in [0.15, 0.2) is 23.4 Å². The van der Waals surface area contributed by atoms with Crippen LogP contribution in [0.1, 0.15) is 13.8 Å². The molecular weight excluding hydrogens is 263 g/mol. The van der Waals surface area contributed by atoms with Gasteiger partial charge in [-0.3, -0.25) is 9.78 Å². The lowest BCUT2D eigenvalue weighted by molar-refractivity contribution is -0.137. The van der Waals surface area contributed by atoms with E-state index in [1.165, 1.54) is 13.8 Å². The third-order valence-electron chi connectivity index (χ3n) is 2.15. The molecule has 1 heterocycles. The van der Waals surface area contributed by atoms with E-state index in [0.717, 1.165) is 22.8 Å². The van der Waals surface area contributed by atoms with Crippen LogP contribution in [0.25, 0.3) is 0 Å². The Hall–Kier alpha value is -1.54. The zero-order chi connectivity index (χ0) is 13.9. The molecule has 0 amide bonds. The van der Waals surface area contributed by atoms with Gasteiger partial charge >= 0.3 is 5.97 Å². The monoisotopic (exact) mass is 276 g/mol. The van der Waals surface area contributed by atoms with Gasteiger partial charge in [-0.15, -0.1) is 0 Å². The van der Waals surface area contributed by atoms with E-state index >= 15 is 0 Å². The zero-order valence-electron chi connectivity index (χ0n) is 9.87. The summed E-state index contributed by atoms with van der Waals surface area (Å²) in [5.41, 5.74) is 0. The number of nitrogens with zero attached hydrogens (tertiary/aromatic N) is 2. The summed E-state index contributed by atoms with van der Waals surface area (Å²) in [5.74, 6) is -2.08. The third kappa shape index (κ3) is 3.23. The minimum atomic E-state index is -4.07. The van der Waals surface area contributed by atoms with Crippen LogP contribution >= 0.6 is 0 Å². The summed E-state index contributed by atoms with van der Waals surface area (Å²) in [6.45, 7) is 2.39. The Balaban J connectivity index is 3.21. The molecule has 6 nitrogen and oxygen atoms in total. The zero-order valence-corrected chi connectivity index (χ0v) is 10.7. The molecule has 1 N–H and O–H groups in total. The molecular formula is C10H13FN2O4S. The molecule has 1 aromatic rings. The number of aromatic nitrogens is 1. The van der Waals surface area contributed by atoms with Crippen molar-refractivity contribution in [3.05, 3.63) is 24.3 Å². The molecule has 1 rings (SSSR count). The first-order valence-electron chi connectivity index (χ1n) is 5.09. The van der Waals surface area contributed by atoms with E-state index < -0.39 is 34.4 Å². The van der Waals surface area contributed by atoms with Gasteiger partial charge in [0.15, 0.2) is 0 Å². The van der Waals surface area contributed by atoms with Gasteiger partial charge in [-0.2, -0.15) is 4.31 Å². The maximum atomic E-state index is 13.0. The van der Waals surface area contributed by atoms with Crippen LogP contribution in [0.3, 0.4) is 0 Å². The predicted octanol–water partition coefficient (Wildman–Crippen LogP) is 0.704. The maximum Gasteiger partial charge on any atom is 0.318 e.